The lowest BCUT2D eigenvalue weighted by Crippen LogP contribution is -2.59. The summed E-state index contributed by atoms with van der Waals surface area (Å²) in [5.74, 6) is 0.191. The molecule has 2 rings (SSSR count). The predicted molar refractivity (Wildman–Crippen MR) is 70.9 cm³/mol. The fourth-order valence-electron chi connectivity index (χ4n) is 2.45. The molecule has 0 aliphatic heterocycles. The van der Waals surface area contributed by atoms with Crippen molar-refractivity contribution in [3.63, 3.8) is 0 Å². The fourth-order valence-corrected chi connectivity index (χ4v) is 2.45. The van der Waals surface area contributed by atoms with E-state index < -0.39 is 5.54 Å². The molecule has 0 aromatic heterocycles. The summed E-state index contributed by atoms with van der Waals surface area (Å²) in [5.41, 5.74) is -0.622. The normalized spacial score (nSPS) is 22.0. The molecule has 5 nitrogen and oxygen atoms in total. The number of hydrogen-bond acceptors (Lipinski definition) is 5. The molecular weight excluding hydrogens is 246 g/mol. The Morgan fingerprint density at radius 2 is 1.95 bits per heavy atom. The lowest BCUT2D eigenvalue weighted by Gasteiger charge is -2.32. The second-order valence-corrected chi connectivity index (χ2v) is 5.55. The smallest absolute Gasteiger partial charge is 0.328 e. The zero-order chi connectivity index (χ0) is 13.7. The van der Waals surface area contributed by atoms with Gasteiger partial charge in [-0.2, -0.15) is 0 Å². The summed E-state index contributed by atoms with van der Waals surface area (Å²) in [6, 6.07) is 0.460. The van der Waals surface area contributed by atoms with Gasteiger partial charge in [0.25, 0.3) is 0 Å². The first kappa shape index (κ1) is 14.8. The monoisotopic (exact) mass is 271 g/mol. The maximum atomic E-state index is 12.2. The molecule has 0 saturated heterocycles. The number of rotatable bonds is 10. The largest absolute Gasteiger partial charge is 0.468 e. The maximum Gasteiger partial charge on any atom is 0.328 e. The summed E-state index contributed by atoms with van der Waals surface area (Å²) in [6.07, 6.45) is 5.30. The molecule has 0 amide bonds. The third-order valence-corrected chi connectivity index (χ3v) is 3.83. The Bertz CT molecular complexity index is 302. The summed E-state index contributed by atoms with van der Waals surface area (Å²) in [7, 11) is 3.14. The Morgan fingerprint density at radius 1 is 1.21 bits per heavy atom. The number of carbonyl (C=O) groups is 1. The van der Waals surface area contributed by atoms with Crippen LogP contribution in [0, 0.1) is 5.92 Å². The van der Waals surface area contributed by atoms with Crippen molar-refractivity contribution in [1.29, 1.82) is 0 Å². The fraction of sp³-hybridized carbons (Fsp3) is 0.929. The van der Waals surface area contributed by atoms with E-state index in [1.807, 2.05) is 0 Å². The van der Waals surface area contributed by atoms with Gasteiger partial charge in [0.2, 0.25) is 0 Å². The van der Waals surface area contributed by atoms with E-state index in [9.17, 15) is 4.79 Å². The van der Waals surface area contributed by atoms with E-state index in [1.165, 1.54) is 7.11 Å². The number of nitrogens with one attached hydrogen (secondary N) is 1. The van der Waals surface area contributed by atoms with Gasteiger partial charge in [-0.3, -0.25) is 5.32 Å². The van der Waals surface area contributed by atoms with Crippen LogP contribution in [0.4, 0.5) is 0 Å². The average molecular weight is 271 g/mol. The van der Waals surface area contributed by atoms with Gasteiger partial charge in [0.05, 0.1) is 13.7 Å². The Hall–Kier alpha value is -0.650. The summed E-state index contributed by atoms with van der Waals surface area (Å²) in [6.45, 7) is 1.71. The number of ether oxygens (including phenoxy) is 3. The van der Waals surface area contributed by atoms with Crippen LogP contribution in [-0.2, 0) is 19.0 Å². The van der Waals surface area contributed by atoms with E-state index in [0.29, 0.717) is 31.8 Å². The van der Waals surface area contributed by atoms with E-state index >= 15 is 0 Å². The second kappa shape index (κ2) is 6.68. The van der Waals surface area contributed by atoms with Crippen LogP contribution in [0.1, 0.15) is 32.1 Å². The Balaban J connectivity index is 1.89. The van der Waals surface area contributed by atoms with Crippen LogP contribution >= 0.6 is 0 Å². The molecule has 2 aliphatic carbocycles. The van der Waals surface area contributed by atoms with E-state index in [1.54, 1.807) is 7.11 Å². The van der Waals surface area contributed by atoms with Gasteiger partial charge >= 0.3 is 5.97 Å². The summed E-state index contributed by atoms with van der Waals surface area (Å²) >= 11 is 0. The van der Waals surface area contributed by atoms with Crippen molar-refractivity contribution in [1.82, 2.24) is 5.32 Å². The average Bonchev–Trinajstić information content (AvgIpc) is 3.28. The van der Waals surface area contributed by atoms with Gasteiger partial charge in [-0.05, 0) is 38.0 Å². The van der Waals surface area contributed by atoms with E-state index in [-0.39, 0.29) is 5.97 Å². The first-order valence-corrected chi connectivity index (χ1v) is 7.15. The van der Waals surface area contributed by atoms with Gasteiger partial charge in [-0.15, -0.1) is 0 Å². The predicted octanol–water partition coefficient (Wildman–Crippen LogP) is 1.11. The lowest BCUT2D eigenvalue weighted by atomic mass is 9.94. The highest BCUT2D eigenvalue weighted by molar-refractivity contribution is 5.82. The van der Waals surface area contributed by atoms with Gasteiger partial charge in [0, 0.05) is 26.4 Å². The Labute approximate surface area is 115 Å². The van der Waals surface area contributed by atoms with Gasteiger partial charge in [-0.1, -0.05) is 0 Å². The quantitative estimate of drug-likeness (QED) is 0.476. The van der Waals surface area contributed by atoms with Crippen LogP contribution in [0.5, 0.6) is 0 Å². The molecule has 1 atom stereocenters. The van der Waals surface area contributed by atoms with Crippen LogP contribution < -0.4 is 5.32 Å². The molecule has 2 aliphatic rings. The van der Waals surface area contributed by atoms with Crippen molar-refractivity contribution >= 4 is 5.97 Å². The minimum atomic E-state index is -0.622. The van der Waals surface area contributed by atoms with Crippen LogP contribution in [-0.4, -0.2) is 51.6 Å². The molecule has 5 heteroatoms. The molecule has 1 N–H and O–H groups in total. The van der Waals surface area contributed by atoms with Gasteiger partial charge in [0.1, 0.15) is 5.54 Å². The molecule has 2 saturated carbocycles. The highest BCUT2D eigenvalue weighted by atomic mass is 16.5. The summed E-state index contributed by atoms with van der Waals surface area (Å²) < 4.78 is 15.7. The van der Waals surface area contributed by atoms with E-state index in [4.69, 9.17) is 14.2 Å². The zero-order valence-electron chi connectivity index (χ0n) is 11.9. The number of methoxy groups -OCH3 is 2. The zero-order valence-corrected chi connectivity index (χ0v) is 11.9. The molecule has 0 bridgehead atoms. The first-order chi connectivity index (χ1) is 9.23. The molecule has 0 spiro atoms. The molecule has 0 aromatic rings. The molecule has 1 unspecified atom stereocenters. The standard InChI is InChI=1S/C14H25NO4/c1-17-8-3-9-19-10-14(11-4-5-11,13(16)18-2)15-12-6-7-12/h11-12,15H,3-10H2,1-2H3. The SMILES string of the molecule is COCCCOCC(NC1CC1)(C(=O)OC)C1CC1. The highest BCUT2D eigenvalue weighted by Crippen LogP contribution is 2.42. The molecule has 19 heavy (non-hydrogen) atoms. The molecule has 0 heterocycles. The van der Waals surface area contributed by atoms with Gasteiger partial charge in [-0.25, -0.2) is 4.79 Å². The summed E-state index contributed by atoms with van der Waals surface area (Å²) in [5, 5.41) is 3.48. The van der Waals surface area contributed by atoms with Crippen LogP contribution in [0.3, 0.4) is 0 Å². The lowest BCUT2D eigenvalue weighted by molar-refractivity contribution is -0.153. The minimum Gasteiger partial charge on any atom is -0.468 e. The van der Waals surface area contributed by atoms with Crippen molar-refractivity contribution in [2.45, 2.75) is 43.7 Å². The van der Waals surface area contributed by atoms with Crippen LogP contribution in [0.2, 0.25) is 0 Å². The third kappa shape index (κ3) is 3.91. The van der Waals surface area contributed by atoms with Gasteiger partial charge in [0.15, 0.2) is 0 Å². The molecule has 2 fully saturated rings. The van der Waals surface area contributed by atoms with Crippen molar-refractivity contribution < 1.29 is 19.0 Å². The first-order valence-electron chi connectivity index (χ1n) is 7.15. The van der Waals surface area contributed by atoms with Crippen LogP contribution in [0.15, 0.2) is 0 Å². The molecule has 0 aromatic carbocycles. The molecular formula is C14H25NO4. The Kier molecular flexibility index (Phi) is 5.19. The van der Waals surface area contributed by atoms with Crippen LogP contribution in [0.25, 0.3) is 0 Å². The number of carbonyl (C=O) groups excluding carboxylic acids is 1. The number of hydrogen-bond donors (Lipinski definition) is 1. The topological polar surface area (TPSA) is 56.8 Å². The van der Waals surface area contributed by atoms with Gasteiger partial charge < -0.3 is 14.2 Å². The van der Waals surface area contributed by atoms with E-state index in [2.05, 4.69) is 5.32 Å². The minimum absolute atomic E-state index is 0.173. The maximum absolute atomic E-state index is 12.2. The van der Waals surface area contributed by atoms with Crippen molar-refractivity contribution in [2.75, 3.05) is 34.0 Å². The number of esters is 1. The van der Waals surface area contributed by atoms with Crippen molar-refractivity contribution in [2.24, 2.45) is 5.92 Å². The third-order valence-electron chi connectivity index (χ3n) is 3.83. The van der Waals surface area contributed by atoms with E-state index in [0.717, 1.165) is 32.1 Å². The second-order valence-electron chi connectivity index (χ2n) is 5.55. The highest BCUT2D eigenvalue weighted by Gasteiger charge is 2.54. The molecule has 110 valence electrons. The molecule has 0 radical (unpaired) electrons. The van der Waals surface area contributed by atoms with Crippen molar-refractivity contribution in [3.8, 4) is 0 Å². The summed E-state index contributed by atoms with van der Waals surface area (Å²) in [4.78, 5) is 12.2. The van der Waals surface area contributed by atoms with Crippen molar-refractivity contribution in [3.05, 3.63) is 0 Å². The Morgan fingerprint density at radius 3 is 2.47 bits per heavy atom.